The van der Waals surface area contributed by atoms with Gasteiger partial charge in [0.25, 0.3) is 0 Å². The summed E-state index contributed by atoms with van der Waals surface area (Å²) in [5, 5.41) is 2.21. The summed E-state index contributed by atoms with van der Waals surface area (Å²) in [4.78, 5) is 0. The molecule has 0 radical (unpaired) electrons. The summed E-state index contributed by atoms with van der Waals surface area (Å²) in [7, 11) is 0. The minimum Gasteiger partial charge on any atom is -1.00 e. The molecule has 3 heteroatoms. The van der Waals surface area contributed by atoms with E-state index in [1.807, 2.05) is 0 Å². The van der Waals surface area contributed by atoms with Crippen molar-refractivity contribution in [1.82, 2.24) is 0 Å². The normalized spacial score (nSPS) is 9.69. The highest BCUT2D eigenvalue weighted by atomic mass is 35.5. The van der Waals surface area contributed by atoms with Gasteiger partial charge in [0.2, 0.25) is 5.51 Å². The highest BCUT2D eigenvalue weighted by Crippen LogP contribution is 2.01. The number of aryl methyl sites for hydroxylation is 2. The molecule has 1 rings (SSSR count). The van der Waals surface area contributed by atoms with Gasteiger partial charge < -0.3 is 12.4 Å². The van der Waals surface area contributed by atoms with Gasteiger partial charge in [-0.25, -0.2) is 0 Å². The fraction of sp³-hybridized carbons (Fsp3) is 0.700. The molecule has 1 nitrogen and oxygen atoms in total. The predicted molar refractivity (Wildman–Crippen MR) is 53.4 cm³/mol. The number of thiazole rings is 1. The Hall–Kier alpha value is -0.0800. The van der Waals surface area contributed by atoms with Gasteiger partial charge in [0.1, 0.15) is 6.54 Å². The first-order valence-electron chi connectivity index (χ1n) is 4.77. The smallest absolute Gasteiger partial charge is 0.224 e. The third-order valence-corrected chi connectivity index (χ3v) is 2.99. The van der Waals surface area contributed by atoms with Crippen molar-refractivity contribution in [2.45, 2.75) is 46.1 Å². The molecule has 1 heterocycles. The Kier molecular flexibility index (Phi) is 7.29. The number of rotatable bonds is 5. The van der Waals surface area contributed by atoms with Gasteiger partial charge in [-0.15, -0.1) is 0 Å². The molecule has 0 fully saturated rings. The highest BCUT2D eigenvalue weighted by Gasteiger charge is 2.04. The maximum absolute atomic E-state index is 2.35. The first-order chi connectivity index (χ1) is 5.84. The van der Waals surface area contributed by atoms with Crippen molar-refractivity contribution in [3.05, 3.63) is 16.6 Å². The summed E-state index contributed by atoms with van der Waals surface area (Å²) in [5.41, 5.74) is 3.61. The zero-order valence-corrected chi connectivity index (χ0v) is 10.00. The van der Waals surface area contributed by atoms with Gasteiger partial charge in [0, 0.05) is 13.3 Å². The Labute approximate surface area is 91.2 Å². The molecule has 0 N–H and O–H groups in total. The quantitative estimate of drug-likeness (QED) is 0.482. The van der Waals surface area contributed by atoms with Crippen molar-refractivity contribution in [2.75, 3.05) is 0 Å². The van der Waals surface area contributed by atoms with E-state index >= 15 is 0 Å². The molecule has 13 heavy (non-hydrogen) atoms. The maximum Gasteiger partial charge on any atom is 0.224 e. The van der Waals surface area contributed by atoms with Crippen LogP contribution in [0.4, 0.5) is 0 Å². The summed E-state index contributed by atoms with van der Waals surface area (Å²) in [5.74, 6) is 0. The van der Waals surface area contributed by atoms with E-state index in [0.717, 1.165) is 0 Å². The molecule has 0 saturated heterocycles. The second kappa shape index (κ2) is 7.34. The molecule has 1 aromatic rings. The lowest BCUT2D eigenvalue weighted by Gasteiger charge is -1.95. The Morgan fingerprint density at radius 3 is 2.62 bits per heavy atom. The molecule has 0 spiro atoms. The van der Waals surface area contributed by atoms with E-state index in [1.165, 1.54) is 37.9 Å². The Balaban J connectivity index is 0.00000144. The van der Waals surface area contributed by atoms with E-state index < -0.39 is 0 Å². The minimum absolute atomic E-state index is 0. The summed E-state index contributed by atoms with van der Waals surface area (Å²) >= 11 is 1.79. The van der Waals surface area contributed by atoms with Crippen LogP contribution in [0.3, 0.4) is 0 Å². The van der Waals surface area contributed by atoms with Gasteiger partial charge in [-0.3, -0.25) is 0 Å². The second-order valence-electron chi connectivity index (χ2n) is 3.25. The van der Waals surface area contributed by atoms with E-state index in [2.05, 4.69) is 29.3 Å². The molecular weight excluding hydrogens is 202 g/mol. The second-order valence-corrected chi connectivity index (χ2v) is 3.97. The van der Waals surface area contributed by atoms with Crippen molar-refractivity contribution in [3.8, 4) is 0 Å². The number of halogens is 1. The fourth-order valence-electron chi connectivity index (χ4n) is 1.29. The zero-order valence-electron chi connectivity index (χ0n) is 8.42. The summed E-state index contributed by atoms with van der Waals surface area (Å²) in [6, 6.07) is 0. The van der Waals surface area contributed by atoms with Crippen LogP contribution in [-0.4, -0.2) is 0 Å². The summed E-state index contributed by atoms with van der Waals surface area (Å²) in [6.07, 6.45) is 5.41. The average Bonchev–Trinajstić information content (AvgIpc) is 2.46. The van der Waals surface area contributed by atoms with Crippen molar-refractivity contribution < 1.29 is 17.0 Å². The van der Waals surface area contributed by atoms with Crippen LogP contribution in [0.5, 0.6) is 0 Å². The zero-order chi connectivity index (χ0) is 8.81. The molecule has 0 unspecified atom stereocenters. The molecule has 0 bridgehead atoms. The molecule has 0 aromatic carbocycles. The number of aromatic nitrogens is 1. The number of nitrogens with zero attached hydrogens (tertiary/aromatic N) is 1. The monoisotopic (exact) mass is 219 g/mol. The Morgan fingerprint density at radius 1 is 1.31 bits per heavy atom. The molecule has 0 amide bonds. The molecule has 0 saturated carbocycles. The first kappa shape index (κ1) is 12.9. The van der Waals surface area contributed by atoms with Crippen LogP contribution in [0.15, 0.2) is 10.9 Å². The van der Waals surface area contributed by atoms with Crippen LogP contribution in [0.25, 0.3) is 0 Å². The van der Waals surface area contributed by atoms with Gasteiger partial charge in [-0.1, -0.05) is 31.1 Å². The molecule has 0 aliphatic rings. The van der Waals surface area contributed by atoms with Gasteiger partial charge in [0.05, 0.1) is 5.38 Å². The number of unbranched alkanes of at least 4 members (excludes halogenated alkanes) is 3. The molecular formula is C10H18ClNS. The van der Waals surface area contributed by atoms with Gasteiger partial charge in [0.15, 0.2) is 5.69 Å². The van der Waals surface area contributed by atoms with E-state index in [9.17, 15) is 0 Å². The van der Waals surface area contributed by atoms with Crippen LogP contribution in [0.2, 0.25) is 0 Å². The van der Waals surface area contributed by atoms with Crippen molar-refractivity contribution in [1.29, 1.82) is 0 Å². The van der Waals surface area contributed by atoms with E-state index in [-0.39, 0.29) is 12.4 Å². The number of hydrogen-bond acceptors (Lipinski definition) is 1. The molecule has 76 valence electrons. The summed E-state index contributed by atoms with van der Waals surface area (Å²) < 4.78 is 2.35. The Morgan fingerprint density at radius 2 is 2.08 bits per heavy atom. The minimum atomic E-state index is 0. The van der Waals surface area contributed by atoms with Crippen LogP contribution in [-0.2, 0) is 6.54 Å². The van der Waals surface area contributed by atoms with E-state index in [4.69, 9.17) is 0 Å². The average molecular weight is 220 g/mol. The summed E-state index contributed by atoms with van der Waals surface area (Å²) in [6.45, 7) is 5.63. The third-order valence-electron chi connectivity index (χ3n) is 2.13. The standard InChI is InChI=1S/C10H18NS.ClH/c1-3-4-5-6-7-11-9-12-8-10(11)2;/h8-9H,3-7H2,1-2H3;1H/q+1;/p-1. The van der Waals surface area contributed by atoms with Gasteiger partial charge in [-0.05, 0) is 6.42 Å². The maximum atomic E-state index is 2.35. The third kappa shape index (κ3) is 4.63. The predicted octanol–water partition coefficient (Wildman–Crippen LogP) is -0.0717. The first-order valence-corrected chi connectivity index (χ1v) is 5.71. The van der Waals surface area contributed by atoms with Crippen molar-refractivity contribution in [3.63, 3.8) is 0 Å². The van der Waals surface area contributed by atoms with Crippen LogP contribution in [0, 0.1) is 6.92 Å². The highest BCUT2D eigenvalue weighted by molar-refractivity contribution is 7.07. The van der Waals surface area contributed by atoms with E-state index in [0.29, 0.717) is 0 Å². The van der Waals surface area contributed by atoms with Crippen molar-refractivity contribution in [2.24, 2.45) is 0 Å². The van der Waals surface area contributed by atoms with Crippen molar-refractivity contribution >= 4 is 11.3 Å². The Bertz CT molecular complexity index is 222. The molecule has 1 aromatic heterocycles. The molecule has 0 aliphatic carbocycles. The SMILES string of the molecule is CCCCCC[n+]1cscc1C.[Cl-]. The number of hydrogen-bond donors (Lipinski definition) is 0. The molecule has 0 atom stereocenters. The molecule has 0 aliphatic heterocycles. The largest absolute Gasteiger partial charge is 1.00 e. The van der Waals surface area contributed by atoms with E-state index in [1.54, 1.807) is 11.3 Å². The van der Waals surface area contributed by atoms with Crippen LogP contribution < -0.4 is 17.0 Å². The van der Waals surface area contributed by atoms with Gasteiger partial charge in [-0.2, -0.15) is 4.57 Å². The van der Waals surface area contributed by atoms with Crippen LogP contribution >= 0.6 is 11.3 Å². The lowest BCUT2D eigenvalue weighted by Crippen LogP contribution is -3.00. The lowest BCUT2D eigenvalue weighted by molar-refractivity contribution is -0.698. The lowest BCUT2D eigenvalue weighted by atomic mass is 10.2. The topological polar surface area (TPSA) is 3.88 Å². The van der Waals surface area contributed by atoms with Gasteiger partial charge >= 0.3 is 0 Å². The van der Waals surface area contributed by atoms with Crippen LogP contribution in [0.1, 0.15) is 38.3 Å². The fourth-order valence-corrected chi connectivity index (χ4v) is 2.10.